The molecule has 0 radical (unpaired) electrons. The maximum absolute atomic E-state index is 11.6. The van der Waals surface area contributed by atoms with Gasteiger partial charge in [-0.15, -0.1) is 0 Å². The van der Waals surface area contributed by atoms with Gasteiger partial charge in [0.2, 0.25) is 0 Å². The van der Waals surface area contributed by atoms with Crippen molar-refractivity contribution in [2.24, 2.45) is 0 Å². The van der Waals surface area contributed by atoms with Crippen molar-refractivity contribution in [1.29, 1.82) is 0 Å². The minimum Gasteiger partial charge on any atom is -0.290 e. The van der Waals surface area contributed by atoms with E-state index < -0.39 is 43.0 Å². The zero-order chi connectivity index (χ0) is 15.9. The van der Waals surface area contributed by atoms with Crippen LogP contribution in [0.1, 0.15) is 0 Å². The van der Waals surface area contributed by atoms with E-state index in [9.17, 15) is 16.8 Å². The van der Waals surface area contributed by atoms with Gasteiger partial charge in [-0.1, -0.05) is 39.3 Å². The lowest BCUT2D eigenvalue weighted by atomic mass is 11.8. The number of hydrogen-bond acceptors (Lipinski definition) is 6. The molecule has 0 aliphatic heterocycles. The average Bonchev–Trinajstić information content (AvgIpc) is 1.91. The first-order valence-corrected chi connectivity index (χ1v) is 20.2. The Balaban J connectivity index is 6.22. The van der Waals surface area contributed by atoms with Crippen molar-refractivity contribution in [1.82, 2.24) is 0 Å². The Morgan fingerprint density at radius 1 is 0.632 bits per heavy atom. The Kier molecular flexibility index (Phi) is 5.48. The molecule has 0 fully saturated rings. The summed E-state index contributed by atoms with van der Waals surface area (Å²) in [6.07, 6.45) is 1.89. The SMILES string of the molecule is C[Si](C)(C)[Si](OS(C)(=O)=O)(OS(C)(=O)=O)[Si](C)(C)C. The molecular formula is C8H24O6S2Si3. The maximum Gasteiger partial charge on any atom is 0.334 e. The first kappa shape index (κ1) is 19.5. The zero-order valence-electron chi connectivity index (χ0n) is 12.8. The van der Waals surface area contributed by atoms with Crippen LogP contribution in [0.15, 0.2) is 0 Å². The molecule has 19 heavy (non-hydrogen) atoms. The van der Waals surface area contributed by atoms with Gasteiger partial charge in [0.1, 0.15) is 15.2 Å². The molecule has 11 heteroatoms. The summed E-state index contributed by atoms with van der Waals surface area (Å²) >= 11 is 0. The molecule has 0 unspecified atom stereocenters. The van der Waals surface area contributed by atoms with Gasteiger partial charge >= 0.3 is 7.60 Å². The Morgan fingerprint density at radius 3 is 0.947 bits per heavy atom. The van der Waals surface area contributed by atoms with Crippen LogP contribution < -0.4 is 0 Å². The van der Waals surface area contributed by atoms with Crippen molar-refractivity contribution in [3.05, 3.63) is 0 Å². The van der Waals surface area contributed by atoms with Gasteiger partial charge < -0.3 is 0 Å². The largest absolute Gasteiger partial charge is 0.334 e. The molecule has 116 valence electrons. The van der Waals surface area contributed by atoms with E-state index in [0.29, 0.717) is 0 Å². The van der Waals surface area contributed by atoms with Crippen LogP contribution in [-0.4, -0.2) is 52.1 Å². The van der Waals surface area contributed by atoms with Gasteiger partial charge in [-0.25, -0.2) is 16.8 Å². The summed E-state index contributed by atoms with van der Waals surface area (Å²) in [5.74, 6) is 0. The van der Waals surface area contributed by atoms with Crippen LogP contribution in [0.5, 0.6) is 0 Å². The van der Waals surface area contributed by atoms with Gasteiger partial charge in [-0.2, -0.15) is 0 Å². The van der Waals surface area contributed by atoms with E-state index in [-0.39, 0.29) is 0 Å². The second kappa shape index (κ2) is 5.35. The van der Waals surface area contributed by atoms with Crippen molar-refractivity contribution in [3.8, 4) is 0 Å². The van der Waals surface area contributed by atoms with E-state index in [4.69, 9.17) is 7.74 Å². The highest BCUT2D eigenvalue weighted by Crippen LogP contribution is 2.33. The van der Waals surface area contributed by atoms with Crippen molar-refractivity contribution >= 4 is 43.0 Å². The highest BCUT2D eigenvalue weighted by Gasteiger charge is 2.63. The quantitative estimate of drug-likeness (QED) is 0.659. The third-order valence-electron chi connectivity index (χ3n) is 2.51. The molecule has 0 aromatic rings. The van der Waals surface area contributed by atoms with Gasteiger partial charge in [-0.05, 0) is 0 Å². The van der Waals surface area contributed by atoms with E-state index >= 15 is 0 Å². The van der Waals surface area contributed by atoms with Gasteiger partial charge in [-0.3, -0.25) is 7.74 Å². The van der Waals surface area contributed by atoms with Gasteiger partial charge in [0.25, 0.3) is 20.2 Å². The molecule has 0 N–H and O–H groups in total. The minimum absolute atomic E-state index is 0.945. The standard InChI is InChI=1S/C8H24O6S2Si3/c1-15(9,10)13-19(17(3,4)5,18(6,7)8)14-16(2,11)12/h1-8H3. The van der Waals surface area contributed by atoms with Crippen LogP contribution in [-0.2, 0) is 28.0 Å². The Morgan fingerprint density at radius 2 is 0.842 bits per heavy atom. The lowest BCUT2D eigenvalue weighted by Gasteiger charge is -2.45. The highest BCUT2D eigenvalue weighted by molar-refractivity contribution is 7.92. The number of rotatable bonds is 6. The normalized spacial score (nSPS) is 15.6. The summed E-state index contributed by atoms with van der Waals surface area (Å²) in [5, 5.41) is 0. The molecule has 0 aromatic heterocycles. The zero-order valence-corrected chi connectivity index (χ0v) is 17.4. The molecule has 0 aliphatic carbocycles. The van der Waals surface area contributed by atoms with Crippen molar-refractivity contribution in [2.75, 3.05) is 12.5 Å². The predicted molar refractivity (Wildman–Crippen MR) is 84.3 cm³/mol. The van der Waals surface area contributed by atoms with Crippen molar-refractivity contribution in [3.63, 3.8) is 0 Å². The lowest BCUT2D eigenvalue weighted by Crippen LogP contribution is -2.76. The lowest BCUT2D eigenvalue weighted by molar-refractivity contribution is 0.413. The second-order valence-corrected chi connectivity index (χ2v) is 35.5. The molecule has 0 bridgehead atoms. The second-order valence-electron chi connectivity index (χ2n) is 6.69. The Bertz CT molecular complexity index is 476. The van der Waals surface area contributed by atoms with Gasteiger partial charge in [0, 0.05) is 0 Å². The van der Waals surface area contributed by atoms with Crippen molar-refractivity contribution in [2.45, 2.75) is 39.3 Å². The molecule has 0 rings (SSSR count). The molecule has 6 nitrogen and oxygen atoms in total. The molecule has 0 aromatic carbocycles. The Hall–Kier alpha value is 0.471. The van der Waals surface area contributed by atoms with Gasteiger partial charge in [0.15, 0.2) is 0 Å². The molecule has 0 heterocycles. The van der Waals surface area contributed by atoms with E-state index in [1.807, 2.05) is 39.3 Å². The fraction of sp³-hybridized carbons (Fsp3) is 1.00. The first-order chi connectivity index (χ1) is 7.91. The van der Waals surface area contributed by atoms with E-state index in [1.54, 1.807) is 0 Å². The smallest absolute Gasteiger partial charge is 0.290 e. The maximum atomic E-state index is 11.6. The highest BCUT2D eigenvalue weighted by atomic mass is 32.2. The topological polar surface area (TPSA) is 86.7 Å². The van der Waals surface area contributed by atoms with Crippen LogP contribution in [0, 0.1) is 0 Å². The van der Waals surface area contributed by atoms with Crippen LogP contribution in [0.4, 0.5) is 0 Å². The average molecular weight is 365 g/mol. The summed E-state index contributed by atoms with van der Waals surface area (Å²) in [6.45, 7) is 11.4. The minimum atomic E-state index is -3.78. The fourth-order valence-corrected chi connectivity index (χ4v) is 53.5. The Labute approximate surface area is 119 Å². The molecule has 0 amide bonds. The van der Waals surface area contributed by atoms with Crippen LogP contribution in [0.3, 0.4) is 0 Å². The fourth-order valence-electron chi connectivity index (χ4n) is 2.07. The predicted octanol–water partition coefficient (Wildman–Crippen LogP) is 1.21. The van der Waals surface area contributed by atoms with Crippen LogP contribution >= 0.6 is 0 Å². The van der Waals surface area contributed by atoms with Gasteiger partial charge in [0.05, 0.1) is 12.5 Å². The summed E-state index contributed by atoms with van der Waals surface area (Å²) in [6, 6.07) is 0. The summed E-state index contributed by atoms with van der Waals surface area (Å²) < 4.78 is 57.2. The van der Waals surface area contributed by atoms with Crippen molar-refractivity contribution < 1.29 is 24.6 Å². The molecular weight excluding hydrogens is 340 g/mol. The van der Waals surface area contributed by atoms with Crippen LogP contribution in [0.25, 0.3) is 0 Å². The molecule has 0 saturated heterocycles. The first-order valence-electron chi connectivity index (χ1n) is 5.72. The molecule has 0 spiro atoms. The van der Waals surface area contributed by atoms with E-state index in [1.165, 1.54) is 0 Å². The third kappa shape index (κ3) is 5.40. The molecule has 0 aliphatic rings. The third-order valence-corrected chi connectivity index (χ3v) is 39.1. The summed E-state index contributed by atoms with van der Waals surface area (Å²) in [4.78, 5) is 0. The summed E-state index contributed by atoms with van der Waals surface area (Å²) in [5.41, 5.74) is 0. The number of hydrogen-bond donors (Lipinski definition) is 0. The van der Waals surface area contributed by atoms with Crippen LogP contribution in [0.2, 0.25) is 39.3 Å². The molecule has 0 atom stereocenters. The monoisotopic (exact) mass is 364 g/mol. The van der Waals surface area contributed by atoms with E-state index in [0.717, 1.165) is 12.5 Å². The van der Waals surface area contributed by atoms with E-state index in [2.05, 4.69) is 0 Å². The molecule has 0 saturated carbocycles. The summed E-state index contributed by atoms with van der Waals surface area (Å²) in [7, 11) is -15.5.